The van der Waals surface area contributed by atoms with Crippen LogP contribution in [-0.4, -0.2) is 36.5 Å². The van der Waals surface area contributed by atoms with Gasteiger partial charge in [0.1, 0.15) is 0 Å². The Kier molecular flexibility index (Phi) is 3.92. The quantitative estimate of drug-likeness (QED) is 0.931. The summed E-state index contributed by atoms with van der Waals surface area (Å²) in [6, 6.07) is 9.23. The minimum absolute atomic E-state index is 0.322. The number of carbonyl (C=O) groups excluding carboxylic acids is 1. The van der Waals surface area contributed by atoms with Crippen LogP contribution in [0.1, 0.15) is 43.2 Å². The fraction of sp³-hybridized carbons (Fsp3) is 0.650. The van der Waals surface area contributed by atoms with Crippen LogP contribution in [0.5, 0.6) is 0 Å². The van der Waals surface area contributed by atoms with E-state index >= 15 is 0 Å². The second-order valence-electron chi connectivity index (χ2n) is 7.89. The maximum Gasteiger partial charge on any atom is 0.226 e. The number of benzene rings is 1. The van der Waals surface area contributed by atoms with Crippen LogP contribution < -0.4 is 5.32 Å². The van der Waals surface area contributed by atoms with Crippen molar-refractivity contribution in [2.75, 3.05) is 19.6 Å². The fourth-order valence-corrected chi connectivity index (χ4v) is 4.71. The van der Waals surface area contributed by atoms with Gasteiger partial charge < -0.3 is 10.2 Å². The highest BCUT2D eigenvalue weighted by Gasteiger charge is 2.59. The summed E-state index contributed by atoms with van der Waals surface area (Å²) in [6.07, 6.45) is 6.89. The van der Waals surface area contributed by atoms with Gasteiger partial charge in [0.15, 0.2) is 0 Å². The van der Waals surface area contributed by atoms with Gasteiger partial charge in [-0.1, -0.05) is 29.8 Å². The smallest absolute Gasteiger partial charge is 0.226 e. The van der Waals surface area contributed by atoms with Gasteiger partial charge in [-0.25, -0.2) is 0 Å². The molecule has 1 saturated carbocycles. The van der Waals surface area contributed by atoms with Crippen LogP contribution in [0.2, 0.25) is 0 Å². The minimum Gasteiger partial charge on any atom is -0.339 e. The summed E-state index contributed by atoms with van der Waals surface area (Å²) in [5.74, 6) is 0.782. The van der Waals surface area contributed by atoms with E-state index in [0.29, 0.717) is 23.3 Å². The second-order valence-corrected chi connectivity index (χ2v) is 7.89. The SMILES string of the molecule is Cc1ccc(CC2CCCN2C(=O)C2CC23CCNCC3)cc1. The predicted octanol–water partition coefficient (Wildman–Crippen LogP) is 2.92. The predicted molar refractivity (Wildman–Crippen MR) is 92.3 cm³/mol. The molecule has 1 amide bonds. The lowest BCUT2D eigenvalue weighted by molar-refractivity contribution is -0.134. The molecule has 1 aliphatic carbocycles. The number of nitrogens with one attached hydrogen (secondary N) is 1. The number of hydrogen-bond donors (Lipinski definition) is 1. The van der Waals surface area contributed by atoms with E-state index in [9.17, 15) is 4.79 Å². The molecule has 2 heterocycles. The van der Waals surface area contributed by atoms with Gasteiger partial charge >= 0.3 is 0 Å². The topological polar surface area (TPSA) is 32.3 Å². The molecule has 1 N–H and O–H groups in total. The average molecular weight is 312 g/mol. The highest BCUT2D eigenvalue weighted by atomic mass is 16.2. The molecule has 0 radical (unpaired) electrons. The first-order valence-electron chi connectivity index (χ1n) is 9.25. The number of rotatable bonds is 3. The van der Waals surface area contributed by atoms with Crippen molar-refractivity contribution in [1.29, 1.82) is 0 Å². The summed E-state index contributed by atoms with van der Waals surface area (Å²) in [5, 5.41) is 3.43. The minimum atomic E-state index is 0.322. The summed E-state index contributed by atoms with van der Waals surface area (Å²) in [5.41, 5.74) is 3.03. The van der Waals surface area contributed by atoms with E-state index in [-0.39, 0.29) is 0 Å². The lowest BCUT2D eigenvalue weighted by Gasteiger charge is -2.28. The van der Waals surface area contributed by atoms with Gasteiger partial charge in [-0.3, -0.25) is 4.79 Å². The molecule has 2 saturated heterocycles. The lowest BCUT2D eigenvalue weighted by atomic mass is 9.91. The first-order valence-corrected chi connectivity index (χ1v) is 9.25. The Balaban J connectivity index is 1.41. The van der Waals surface area contributed by atoms with E-state index in [0.717, 1.165) is 32.5 Å². The van der Waals surface area contributed by atoms with Gasteiger partial charge in [-0.2, -0.15) is 0 Å². The molecule has 2 aliphatic heterocycles. The van der Waals surface area contributed by atoms with Crippen LogP contribution in [0.4, 0.5) is 0 Å². The van der Waals surface area contributed by atoms with Crippen molar-refractivity contribution in [2.24, 2.45) is 11.3 Å². The van der Waals surface area contributed by atoms with Crippen LogP contribution in [0.25, 0.3) is 0 Å². The molecular weight excluding hydrogens is 284 g/mol. The number of likely N-dealkylation sites (tertiary alicyclic amines) is 1. The molecule has 2 unspecified atom stereocenters. The standard InChI is InChI=1S/C20H28N2O/c1-15-4-6-16(7-5-15)13-17-3-2-12-22(17)19(23)18-14-20(18)8-10-21-11-9-20/h4-7,17-18,21H,2-3,8-14H2,1H3. The zero-order chi connectivity index (χ0) is 15.9. The van der Waals surface area contributed by atoms with Crippen LogP contribution >= 0.6 is 0 Å². The number of aryl methyl sites for hydroxylation is 1. The maximum atomic E-state index is 13.0. The van der Waals surface area contributed by atoms with E-state index in [1.807, 2.05) is 0 Å². The van der Waals surface area contributed by atoms with Gasteiger partial charge in [0.2, 0.25) is 5.91 Å². The zero-order valence-electron chi connectivity index (χ0n) is 14.2. The Hall–Kier alpha value is -1.35. The molecule has 0 aromatic heterocycles. The third kappa shape index (κ3) is 2.91. The normalized spacial score (nSPS) is 29.0. The van der Waals surface area contributed by atoms with Crippen LogP contribution in [0, 0.1) is 18.3 Å². The molecule has 3 nitrogen and oxygen atoms in total. The monoisotopic (exact) mass is 312 g/mol. The number of nitrogens with zero attached hydrogens (tertiary/aromatic N) is 1. The van der Waals surface area contributed by atoms with Crippen molar-refractivity contribution in [3.8, 4) is 0 Å². The number of piperidine rings is 1. The summed E-state index contributed by atoms with van der Waals surface area (Å²) >= 11 is 0. The van der Waals surface area contributed by atoms with E-state index in [4.69, 9.17) is 0 Å². The molecule has 3 fully saturated rings. The summed E-state index contributed by atoms with van der Waals surface area (Å²) < 4.78 is 0. The van der Waals surface area contributed by atoms with Crippen molar-refractivity contribution >= 4 is 5.91 Å². The third-order valence-electron chi connectivity index (χ3n) is 6.34. The largest absolute Gasteiger partial charge is 0.339 e. The Bertz CT molecular complexity index is 574. The van der Waals surface area contributed by atoms with Crippen molar-refractivity contribution in [3.05, 3.63) is 35.4 Å². The summed E-state index contributed by atoms with van der Waals surface area (Å²) in [4.78, 5) is 15.3. The zero-order valence-corrected chi connectivity index (χ0v) is 14.2. The van der Waals surface area contributed by atoms with Crippen molar-refractivity contribution in [2.45, 2.75) is 51.5 Å². The van der Waals surface area contributed by atoms with E-state index in [2.05, 4.69) is 41.4 Å². The molecule has 3 aliphatic rings. The maximum absolute atomic E-state index is 13.0. The van der Waals surface area contributed by atoms with Gasteiger partial charge in [-0.05, 0) is 69.5 Å². The first-order chi connectivity index (χ1) is 11.2. The van der Waals surface area contributed by atoms with Gasteiger partial charge in [0, 0.05) is 18.5 Å². The number of hydrogen-bond acceptors (Lipinski definition) is 2. The van der Waals surface area contributed by atoms with Crippen LogP contribution in [-0.2, 0) is 11.2 Å². The van der Waals surface area contributed by atoms with Gasteiger partial charge in [0.25, 0.3) is 0 Å². The van der Waals surface area contributed by atoms with Crippen molar-refractivity contribution in [1.82, 2.24) is 10.2 Å². The van der Waals surface area contributed by atoms with Crippen molar-refractivity contribution < 1.29 is 4.79 Å². The molecular formula is C20H28N2O. The molecule has 4 rings (SSSR count). The molecule has 0 bridgehead atoms. The summed E-state index contributed by atoms with van der Waals surface area (Å²) in [6.45, 7) is 5.29. The highest BCUT2D eigenvalue weighted by molar-refractivity contribution is 5.83. The van der Waals surface area contributed by atoms with E-state index < -0.39 is 0 Å². The molecule has 2 atom stereocenters. The van der Waals surface area contributed by atoms with Crippen LogP contribution in [0.15, 0.2) is 24.3 Å². The lowest BCUT2D eigenvalue weighted by Crippen LogP contribution is -2.40. The highest BCUT2D eigenvalue weighted by Crippen LogP contribution is 2.59. The Labute approximate surface area is 139 Å². The molecule has 1 aromatic carbocycles. The molecule has 3 heteroatoms. The fourth-order valence-electron chi connectivity index (χ4n) is 4.71. The Morgan fingerprint density at radius 2 is 2.00 bits per heavy atom. The van der Waals surface area contributed by atoms with E-state index in [1.165, 1.54) is 36.8 Å². The van der Waals surface area contributed by atoms with Crippen LogP contribution in [0.3, 0.4) is 0 Å². The van der Waals surface area contributed by atoms with Gasteiger partial charge in [-0.15, -0.1) is 0 Å². The second kappa shape index (κ2) is 5.94. The van der Waals surface area contributed by atoms with E-state index in [1.54, 1.807) is 0 Å². The molecule has 23 heavy (non-hydrogen) atoms. The van der Waals surface area contributed by atoms with Crippen molar-refractivity contribution in [3.63, 3.8) is 0 Å². The number of carbonyl (C=O) groups is 1. The molecule has 124 valence electrons. The average Bonchev–Trinajstić information content (AvgIpc) is 3.04. The Morgan fingerprint density at radius 3 is 2.74 bits per heavy atom. The summed E-state index contributed by atoms with van der Waals surface area (Å²) in [7, 11) is 0. The Morgan fingerprint density at radius 1 is 1.26 bits per heavy atom. The number of amides is 1. The molecule has 1 spiro atoms. The third-order valence-corrected chi connectivity index (χ3v) is 6.34. The van der Waals surface area contributed by atoms with Gasteiger partial charge in [0.05, 0.1) is 0 Å². The molecule has 1 aromatic rings. The first kappa shape index (κ1) is 15.2.